The van der Waals surface area contributed by atoms with E-state index in [0.29, 0.717) is 19.7 Å². The number of benzene rings is 2. The summed E-state index contributed by atoms with van der Waals surface area (Å²) in [5.41, 5.74) is 3.29. The van der Waals surface area contributed by atoms with Gasteiger partial charge in [0.15, 0.2) is 5.96 Å². The number of hydrogen-bond acceptors (Lipinski definition) is 3. The number of aliphatic imine (C=N–C) groups is 1. The maximum absolute atomic E-state index is 5.89. The zero-order chi connectivity index (χ0) is 18.7. The van der Waals surface area contributed by atoms with Gasteiger partial charge in [-0.3, -0.25) is 9.98 Å². The minimum atomic E-state index is 0.530. The van der Waals surface area contributed by atoms with E-state index in [1.807, 2.05) is 60.7 Å². The van der Waals surface area contributed by atoms with E-state index in [4.69, 9.17) is 4.74 Å². The molecule has 0 atom stereocenters. The third kappa shape index (κ3) is 5.85. The van der Waals surface area contributed by atoms with Gasteiger partial charge in [0.25, 0.3) is 0 Å². The summed E-state index contributed by atoms with van der Waals surface area (Å²) in [6.45, 7) is 1.82. The largest absolute Gasteiger partial charge is 0.489 e. The molecule has 27 heavy (non-hydrogen) atoms. The van der Waals surface area contributed by atoms with Crippen molar-refractivity contribution in [3.8, 4) is 5.75 Å². The van der Waals surface area contributed by atoms with Crippen LogP contribution in [-0.4, -0.2) is 18.0 Å². The molecule has 0 saturated carbocycles. The maximum atomic E-state index is 5.89. The highest BCUT2D eigenvalue weighted by Gasteiger charge is 2.05. The lowest BCUT2D eigenvalue weighted by Gasteiger charge is -2.14. The lowest BCUT2D eigenvalue weighted by molar-refractivity contribution is 0.305. The summed E-state index contributed by atoms with van der Waals surface area (Å²) in [4.78, 5) is 8.59. The molecule has 0 unspecified atom stereocenters. The van der Waals surface area contributed by atoms with Crippen molar-refractivity contribution >= 4 is 5.96 Å². The Bertz CT molecular complexity index is 850. The van der Waals surface area contributed by atoms with Crippen molar-refractivity contribution in [1.82, 2.24) is 15.6 Å². The molecule has 2 N–H and O–H groups in total. The number of hydrogen-bond donors (Lipinski definition) is 2. The molecule has 0 fully saturated rings. The molecule has 1 heterocycles. The molecule has 0 aliphatic carbocycles. The van der Waals surface area contributed by atoms with Gasteiger partial charge >= 0.3 is 0 Å². The van der Waals surface area contributed by atoms with E-state index in [-0.39, 0.29) is 0 Å². The lowest BCUT2D eigenvalue weighted by Crippen LogP contribution is -2.36. The number of rotatable bonds is 7. The van der Waals surface area contributed by atoms with Crippen LogP contribution in [0.3, 0.4) is 0 Å². The normalized spacial score (nSPS) is 11.1. The third-order valence-electron chi connectivity index (χ3n) is 4.09. The Morgan fingerprint density at radius 1 is 0.852 bits per heavy atom. The number of aromatic nitrogens is 1. The van der Waals surface area contributed by atoms with Gasteiger partial charge in [-0.25, -0.2) is 0 Å². The predicted molar refractivity (Wildman–Crippen MR) is 108 cm³/mol. The second-order valence-corrected chi connectivity index (χ2v) is 5.97. The topological polar surface area (TPSA) is 58.5 Å². The number of para-hydroxylation sites is 1. The average molecular weight is 360 g/mol. The van der Waals surface area contributed by atoms with Crippen LogP contribution >= 0.6 is 0 Å². The Morgan fingerprint density at radius 3 is 2.30 bits per heavy atom. The van der Waals surface area contributed by atoms with E-state index in [0.717, 1.165) is 23.0 Å². The molecule has 0 radical (unpaired) electrons. The first-order valence-electron chi connectivity index (χ1n) is 8.94. The molecule has 3 rings (SSSR count). The van der Waals surface area contributed by atoms with Crippen molar-refractivity contribution in [3.05, 3.63) is 95.8 Å². The SMILES string of the molecule is CN=C(NCc1ccccn1)NCc1ccccc1COc1ccccc1. The summed E-state index contributed by atoms with van der Waals surface area (Å²) in [6.07, 6.45) is 1.79. The first kappa shape index (κ1) is 18.5. The van der Waals surface area contributed by atoms with Crippen molar-refractivity contribution < 1.29 is 4.74 Å². The van der Waals surface area contributed by atoms with Gasteiger partial charge < -0.3 is 15.4 Å². The predicted octanol–water partition coefficient (Wildman–Crippen LogP) is 3.53. The van der Waals surface area contributed by atoms with E-state index in [1.165, 1.54) is 5.56 Å². The van der Waals surface area contributed by atoms with Crippen LogP contribution in [-0.2, 0) is 19.7 Å². The molecule has 0 aliphatic rings. The van der Waals surface area contributed by atoms with Crippen LogP contribution < -0.4 is 15.4 Å². The molecular formula is C22H24N4O. The molecule has 0 saturated heterocycles. The lowest BCUT2D eigenvalue weighted by atomic mass is 10.1. The molecular weight excluding hydrogens is 336 g/mol. The summed E-state index contributed by atoms with van der Waals surface area (Å²) in [5, 5.41) is 6.63. The summed E-state index contributed by atoms with van der Waals surface area (Å²) < 4.78 is 5.89. The molecule has 0 spiro atoms. The summed E-state index contributed by atoms with van der Waals surface area (Å²) in [5.74, 6) is 1.60. The molecule has 5 nitrogen and oxygen atoms in total. The van der Waals surface area contributed by atoms with Crippen molar-refractivity contribution in [2.45, 2.75) is 19.7 Å². The van der Waals surface area contributed by atoms with Crippen LogP contribution in [0.2, 0.25) is 0 Å². The van der Waals surface area contributed by atoms with Gasteiger partial charge in [-0.2, -0.15) is 0 Å². The molecule has 1 aromatic heterocycles. The number of pyridine rings is 1. The van der Waals surface area contributed by atoms with Gasteiger partial charge in [0.1, 0.15) is 12.4 Å². The Kier molecular flexibility index (Phi) is 6.81. The average Bonchev–Trinajstić information content (AvgIpc) is 2.74. The van der Waals surface area contributed by atoms with Crippen molar-refractivity contribution in [2.75, 3.05) is 7.05 Å². The first-order chi connectivity index (χ1) is 13.3. The van der Waals surface area contributed by atoms with Crippen molar-refractivity contribution in [3.63, 3.8) is 0 Å². The van der Waals surface area contributed by atoms with E-state index in [1.54, 1.807) is 13.2 Å². The number of nitrogens with zero attached hydrogens (tertiary/aromatic N) is 2. The smallest absolute Gasteiger partial charge is 0.191 e. The van der Waals surface area contributed by atoms with Gasteiger partial charge in [0, 0.05) is 19.8 Å². The number of guanidine groups is 1. The van der Waals surface area contributed by atoms with Crippen LogP contribution in [0.5, 0.6) is 5.75 Å². The molecule has 138 valence electrons. The summed E-state index contributed by atoms with van der Waals surface area (Å²) >= 11 is 0. The fourth-order valence-electron chi connectivity index (χ4n) is 2.63. The summed E-state index contributed by atoms with van der Waals surface area (Å²) in [7, 11) is 1.76. The van der Waals surface area contributed by atoms with E-state index in [2.05, 4.69) is 32.7 Å². The van der Waals surface area contributed by atoms with Crippen LogP contribution in [0.1, 0.15) is 16.8 Å². The van der Waals surface area contributed by atoms with E-state index < -0.39 is 0 Å². The Labute approximate surface area is 160 Å². The Balaban J connectivity index is 1.55. The fourth-order valence-corrected chi connectivity index (χ4v) is 2.63. The highest BCUT2D eigenvalue weighted by atomic mass is 16.5. The van der Waals surface area contributed by atoms with Gasteiger partial charge in [-0.1, -0.05) is 48.5 Å². The zero-order valence-corrected chi connectivity index (χ0v) is 15.4. The van der Waals surface area contributed by atoms with Crippen LogP contribution in [0.25, 0.3) is 0 Å². The minimum absolute atomic E-state index is 0.530. The van der Waals surface area contributed by atoms with Crippen molar-refractivity contribution in [2.24, 2.45) is 4.99 Å². The first-order valence-corrected chi connectivity index (χ1v) is 8.94. The number of nitrogens with one attached hydrogen (secondary N) is 2. The van der Waals surface area contributed by atoms with Crippen LogP contribution in [0, 0.1) is 0 Å². The molecule has 3 aromatic rings. The second-order valence-electron chi connectivity index (χ2n) is 5.97. The fraction of sp³-hybridized carbons (Fsp3) is 0.182. The zero-order valence-electron chi connectivity index (χ0n) is 15.4. The highest BCUT2D eigenvalue weighted by Crippen LogP contribution is 2.14. The molecule has 5 heteroatoms. The summed E-state index contributed by atoms with van der Waals surface area (Å²) in [6, 6.07) is 24.0. The van der Waals surface area contributed by atoms with Gasteiger partial charge in [-0.15, -0.1) is 0 Å². The Morgan fingerprint density at radius 2 is 1.56 bits per heavy atom. The highest BCUT2D eigenvalue weighted by molar-refractivity contribution is 5.79. The van der Waals surface area contributed by atoms with Gasteiger partial charge in [-0.05, 0) is 35.4 Å². The molecule has 0 aliphatic heterocycles. The Hall–Kier alpha value is -3.34. The van der Waals surface area contributed by atoms with Crippen molar-refractivity contribution in [1.29, 1.82) is 0 Å². The second kappa shape index (κ2) is 9.97. The van der Waals surface area contributed by atoms with E-state index in [9.17, 15) is 0 Å². The third-order valence-corrected chi connectivity index (χ3v) is 4.09. The maximum Gasteiger partial charge on any atom is 0.191 e. The quantitative estimate of drug-likeness (QED) is 0.500. The van der Waals surface area contributed by atoms with Crippen LogP contribution in [0.4, 0.5) is 0 Å². The molecule has 0 bridgehead atoms. The molecule has 2 aromatic carbocycles. The van der Waals surface area contributed by atoms with Gasteiger partial charge in [0.2, 0.25) is 0 Å². The van der Waals surface area contributed by atoms with Crippen LogP contribution in [0.15, 0.2) is 84.0 Å². The number of ether oxygens (including phenoxy) is 1. The standard InChI is InChI=1S/C22H24N4O/c1-23-22(26-16-20-11-7-8-14-24-20)25-15-18-9-5-6-10-19(18)17-27-21-12-3-2-4-13-21/h2-14H,15-17H2,1H3,(H2,23,25,26). The van der Waals surface area contributed by atoms with E-state index >= 15 is 0 Å². The monoisotopic (exact) mass is 360 g/mol. The molecule has 0 amide bonds. The van der Waals surface area contributed by atoms with Gasteiger partial charge in [0.05, 0.1) is 12.2 Å². The minimum Gasteiger partial charge on any atom is -0.489 e.